The first-order chi connectivity index (χ1) is 18.7. The summed E-state index contributed by atoms with van der Waals surface area (Å²) in [5, 5.41) is 0. The number of carbonyl (C=O) groups excluding carboxylic acids is 2. The van der Waals surface area contributed by atoms with Gasteiger partial charge in [-0.15, -0.1) is 0 Å². The standard InChI is InChI=1S/C28H20N6O5.H2O/c1-5-29-23-12-20(9-6-17(23)2)32-26(37)33(21-10-7-18(3)24(13-21)30-15-35)28(39)34(27(32)38)22-11-8-19(4)25(14-22)31-16-36;/h6-14H,1H2,2-4H3;1H2. The van der Waals surface area contributed by atoms with Crippen LogP contribution in [0, 0.1) is 20.8 Å². The maximum Gasteiger partial charge on any atom is 0.345 e. The molecule has 0 bridgehead atoms. The van der Waals surface area contributed by atoms with Crippen LogP contribution in [0.3, 0.4) is 0 Å². The molecule has 0 amide bonds. The predicted octanol–water partition coefficient (Wildman–Crippen LogP) is 2.66. The highest BCUT2D eigenvalue weighted by Crippen LogP contribution is 2.24. The van der Waals surface area contributed by atoms with Gasteiger partial charge in [0.05, 0.1) is 34.1 Å². The lowest BCUT2D eigenvalue weighted by Crippen LogP contribution is -2.52. The first kappa shape index (κ1) is 28.8. The summed E-state index contributed by atoms with van der Waals surface area (Å²) in [6, 6.07) is 13.5. The molecule has 0 fully saturated rings. The van der Waals surface area contributed by atoms with Crippen molar-refractivity contribution in [2.75, 3.05) is 0 Å². The van der Waals surface area contributed by atoms with Gasteiger partial charge >= 0.3 is 17.1 Å². The molecule has 4 rings (SSSR count). The zero-order valence-corrected chi connectivity index (χ0v) is 21.6. The molecule has 40 heavy (non-hydrogen) atoms. The molecule has 0 unspecified atom stereocenters. The lowest BCUT2D eigenvalue weighted by atomic mass is 10.1. The maximum atomic E-state index is 13.8. The van der Waals surface area contributed by atoms with Gasteiger partial charge in [-0.2, -0.15) is 9.98 Å². The van der Waals surface area contributed by atoms with Crippen molar-refractivity contribution in [2.45, 2.75) is 20.8 Å². The molecule has 0 aliphatic heterocycles. The minimum absolute atomic E-state index is 0. The Morgan fingerprint density at radius 3 is 1.15 bits per heavy atom. The molecule has 12 nitrogen and oxygen atoms in total. The van der Waals surface area contributed by atoms with Gasteiger partial charge in [0, 0.05) is 0 Å². The van der Waals surface area contributed by atoms with Crippen molar-refractivity contribution in [2.24, 2.45) is 15.0 Å². The topological polar surface area (TPSA) is 169 Å². The smallest absolute Gasteiger partial charge is 0.345 e. The number of aromatic nitrogens is 3. The fraction of sp³-hybridized carbons (Fsp3) is 0.107. The number of hydrogen-bond donors (Lipinski definition) is 0. The maximum absolute atomic E-state index is 13.8. The monoisotopic (exact) mass is 538 g/mol. The zero-order valence-electron chi connectivity index (χ0n) is 21.6. The second-order valence-electron chi connectivity index (χ2n) is 8.44. The van der Waals surface area contributed by atoms with E-state index in [0.717, 1.165) is 19.3 Å². The number of aryl methyl sites for hydroxylation is 3. The summed E-state index contributed by atoms with van der Waals surface area (Å²) in [5.41, 5.74) is 0.0369. The molecule has 2 N–H and O–H groups in total. The van der Waals surface area contributed by atoms with E-state index in [9.17, 15) is 24.0 Å². The molecular formula is C28H22N6O6. The molecule has 0 radical (unpaired) electrons. The summed E-state index contributed by atoms with van der Waals surface area (Å²) in [6.07, 6.45) is 2.90. The number of aliphatic imine (C=N–C) groups is 3. The van der Waals surface area contributed by atoms with E-state index in [-0.39, 0.29) is 33.9 Å². The van der Waals surface area contributed by atoms with E-state index in [4.69, 9.17) is 0 Å². The third-order valence-corrected chi connectivity index (χ3v) is 6.03. The molecule has 200 valence electrons. The highest BCUT2D eigenvalue weighted by atomic mass is 16.2. The zero-order chi connectivity index (χ0) is 28.3. The fourth-order valence-electron chi connectivity index (χ4n) is 3.96. The van der Waals surface area contributed by atoms with Crippen molar-refractivity contribution in [1.82, 2.24) is 13.7 Å². The summed E-state index contributed by atoms with van der Waals surface area (Å²) >= 11 is 0. The number of nitrogens with zero attached hydrogens (tertiary/aromatic N) is 6. The molecule has 12 heteroatoms. The van der Waals surface area contributed by atoms with Crippen molar-refractivity contribution in [1.29, 1.82) is 0 Å². The Labute approximate surface area is 226 Å². The van der Waals surface area contributed by atoms with E-state index in [1.807, 2.05) is 0 Å². The number of benzene rings is 3. The molecule has 3 aromatic carbocycles. The van der Waals surface area contributed by atoms with Gasteiger partial charge in [-0.1, -0.05) is 18.2 Å². The van der Waals surface area contributed by atoms with Crippen molar-refractivity contribution in [3.05, 3.63) is 109 Å². The van der Waals surface area contributed by atoms with E-state index in [1.54, 1.807) is 39.0 Å². The summed E-state index contributed by atoms with van der Waals surface area (Å²) in [4.78, 5) is 74.6. The predicted molar refractivity (Wildman–Crippen MR) is 149 cm³/mol. The third kappa shape index (κ3) is 5.14. The molecule has 1 aromatic heterocycles. The van der Waals surface area contributed by atoms with Crippen molar-refractivity contribution in [3.63, 3.8) is 0 Å². The molecule has 0 saturated heterocycles. The summed E-state index contributed by atoms with van der Waals surface area (Å²) < 4.78 is 2.38. The highest BCUT2D eigenvalue weighted by Gasteiger charge is 2.21. The van der Waals surface area contributed by atoms with Gasteiger partial charge in [-0.3, -0.25) is 0 Å². The fourth-order valence-corrected chi connectivity index (χ4v) is 3.96. The van der Waals surface area contributed by atoms with E-state index in [0.29, 0.717) is 16.8 Å². The molecule has 0 aliphatic carbocycles. The van der Waals surface area contributed by atoms with Crippen molar-refractivity contribution >= 4 is 35.1 Å². The van der Waals surface area contributed by atoms with Crippen LogP contribution in [0.2, 0.25) is 0 Å². The molecule has 0 aliphatic rings. The lowest BCUT2D eigenvalue weighted by Gasteiger charge is -2.16. The van der Waals surface area contributed by atoms with Crippen LogP contribution in [0.15, 0.2) is 90.5 Å². The van der Waals surface area contributed by atoms with Crippen LogP contribution in [0.4, 0.5) is 17.1 Å². The van der Waals surface area contributed by atoms with Crippen LogP contribution in [0.25, 0.3) is 17.1 Å². The third-order valence-electron chi connectivity index (χ3n) is 6.03. The SMILES string of the molecule is C=C=Nc1cc(-n2c(=O)n(-c3ccc(C)c(N=C=O)c3)c(=O)n(-c3ccc(C)c(N=C=O)c3)c2=O)ccc1C.O. The molecule has 4 aromatic rings. The van der Waals surface area contributed by atoms with Crippen LogP contribution in [-0.2, 0) is 9.59 Å². The summed E-state index contributed by atoms with van der Waals surface area (Å²) in [6.45, 7) is 8.64. The Hall–Kier alpha value is -5.76. The largest absolute Gasteiger partial charge is 0.412 e. The van der Waals surface area contributed by atoms with Crippen LogP contribution in [0.1, 0.15) is 16.7 Å². The first-order valence-electron chi connectivity index (χ1n) is 11.4. The molecule has 0 saturated carbocycles. The highest BCUT2D eigenvalue weighted by molar-refractivity contribution is 5.62. The molecular weight excluding hydrogens is 516 g/mol. The number of hydrogen-bond acceptors (Lipinski definition) is 8. The van der Waals surface area contributed by atoms with Gasteiger partial charge in [-0.05, 0) is 86.3 Å². The van der Waals surface area contributed by atoms with E-state index in [1.165, 1.54) is 48.6 Å². The van der Waals surface area contributed by atoms with E-state index < -0.39 is 17.1 Å². The normalized spacial score (nSPS) is 9.97. The van der Waals surface area contributed by atoms with Gasteiger partial charge in [0.25, 0.3) is 0 Å². The van der Waals surface area contributed by atoms with Gasteiger partial charge in [0.1, 0.15) is 0 Å². The van der Waals surface area contributed by atoms with E-state index in [2.05, 4.69) is 27.4 Å². The van der Waals surface area contributed by atoms with Crippen LogP contribution in [-0.4, -0.2) is 37.2 Å². The first-order valence-corrected chi connectivity index (χ1v) is 11.4. The molecule has 0 atom stereocenters. The number of rotatable bonds is 6. The van der Waals surface area contributed by atoms with Crippen LogP contribution in [0.5, 0.6) is 0 Å². The Balaban J connectivity index is 0.00000441. The lowest BCUT2D eigenvalue weighted by molar-refractivity contribution is 0.564. The Morgan fingerprint density at radius 1 is 0.575 bits per heavy atom. The van der Waals surface area contributed by atoms with Crippen LogP contribution < -0.4 is 17.1 Å². The minimum Gasteiger partial charge on any atom is -0.412 e. The quantitative estimate of drug-likeness (QED) is 0.271. The van der Waals surface area contributed by atoms with Gasteiger partial charge in [0.15, 0.2) is 0 Å². The van der Waals surface area contributed by atoms with Crippen molar-refractivity contribution in [3.8, 4) is 17.1 Å². The van der Waals surface area contributed by atoms with Crippen molar-refractivity contribution < 1.29 is 15.1 Å². The van der Waals surface area contributed by atoms with Gasteiger partial charge in [0.2, 0.25) is 12.2 Å². The van der Waals surface area contributed by atoms with Crippen LogP contribution >= 0.6 is 0 Å². The Morgan fingerprint density at radius 2 is 0.875 bits per heavy atom. The van der Waals surface area contributed by atoms with Gasteiger partial charge < -0.3 is 5.48 Å². The Kier molecular flexibility index (Phi) is 8.46. The average Bonchev–Trinajstić information content (AvgIpc) is 2.90. The second kappa shape index (κ2) is 11.7. The van der Waals surface area contributed by atoms with E-state index >= 15 is 0 Å². The second-order valence-corrected chi connectivity index (χ2v) is 8.44. The minimum atomic E-state index is -0.993. The number of isocyanates is 2. The summed E-state index contributed by atoms with van der Waals surface area (Å²) in [5.74, 6) is 2.43. The summed E-state index contributed by atoms with van der Waals surface area (Å²) in [7, 11) is 0. The Bertz CT molecular complexity index is 1720. The average molecular weight is 539 g/mol. The molecule has 1 heterocycles. The van der Waals surface area contributed by atoms with Gasteiger partial charge in [-0.25, -0.2) is 42.7 Å². The molecule has 0 spiro atoms.